The highest BCUT2D eigenvalue weighted by Crippen LogP contribution is 2.04. The molecule has 5 nitrogen and oxygen atoms in total. The first-order chi connectivity index (χ1) is 8.11. The molecule has 2 N–H and O–H groups in total. The van der Waals surface area contributed by atoms with Gasteiger partial charge >= 0.3 is 5.97 Å². The molecule has 0 amide bonds. The van der Waals surface area contributed by atoms with Gasteiger partial charge in [0.1, 0.15) is 0 Å². The van der Waals surface area contributed by atoms with E-state index < -0.39 is 5.97 Å². The van der Waals surface area contributed by atoms with Crippen molar-refractivity contribution in [2.75, 3.05) is 32.8 Å². The van der Waals surface area contributed by atoms with Crippen LogP contribution < -0.4 is 5.32 Å². The van der Waals surface area contributed by atoms with Crippen molar-refractivity contribution in [1.82, 2.24) is 10.2 Å². The molecule has 5 heteroatoms. The van der Waals surface area contributed by atoms with Gasteiger partial charge in [-0.15, -0.1) is 0 Å². The highest BCUT2D eigenvalue weighted by Gasteiger charge is 2.19. The predicted molar refractivity (Wildman–Crippen MR) is 66.2 cm³/mol. The minimum absolute atomic E-state index is 0.223. The normalized spacial score (nSPS) is 23.5. The average Bonchev–Trinajstić information content (AvgIpc) is 2.34. The minimum atomic E-state index is -0.732. The number of carboxylic acids is 1. The molecule has 0 aliphatic carbocycles. The summed E-state index contributed by atoms with van der Waals surface area (Å²) in [5.74, 6) is -0.732. The van der Waals surface area contributed by atoms with Crippen molar-refractivity contribution >= 4 is 5.97 Å². The number of morpholine rings is 1. The first-order valence-corrected chi connectivity index (χ1v) is 6.41. The third-order valence-electron chi connectivity index (χ3n) is 3.16. The SMILES string of the molecule is CCN1CCOC(CNC(C)CCC(=O)O)C1. The van der Waals surface area contributed by atoms with E-state index in [1.165, 1.54) is 0 Å². The molecule has 0 spiro atoms. The monoisotopic (exact) mass is 244 g/mol. The van der Waals surface area contributed by atoms with Crippen LogP contribution in [0.4, 0.5) is 0 Å². The lowest BCUT2D eigenvalue weighted by Crippen LogP contribution is -2.47. The van der Waals surface area contributed by atoms with E-state index in [1.807, 2.05) is 6.92 Å². The van der Waals surface area contributed by atoms with E-state index in [9.17, 15) is 4.79 Å². The van der Waals surface area contributed by atoms with Gasteiger partial charge in [0.15, 0.2) is 0 Å². The molecule has 0 saturated carbocycles. The predicted octanol–water partition coefficient (Wildman–Crippen LogP) is 0.550. The standard InChI is InChI=1S/C12H24N2O3/c1-3-14-6-7-17-11(9-14)8-13-10(2)4-5-12(15)16/h10-11,13H,3-9H2,1-2H3,(H,15,16). The molecule has 17 heavy (non-hydrogen) atoms. The zero-order valence-electron chi connectivity index (χ0n) is 10.8. The first kappa shape index (κ1) is 14.4. The van der Waals surface area contributed by atoms with Crippen molar-refractivity contribution in [2.45, 2.75) is 38.8 Å². The second-order valence-corrected chi connectivity index (χ2v) is 4.63. The number of nitrogens with zero attached hydrogens (tertiary/aromatic N) is 1. The Labute approximate surface area is 103 Å². The second kappa shape index (κ2) is 7.63. The summed E-state index contributed by atoms with van der Waals surface area (Å²) < 4.78 is 5.67. The van der Waals surface area contributed by atoms with Crippen molar-refractivity contribution in [2.24, 2.45) is 0 Å². The van der Waals surface area contributed by atoms with E-state index in [4.69, 9.17) is 9.84 Å². The molecule has 1 fully saturated rings. The van der Waals surface area contributed by atoms with Gasteiger partial charge in [0.2, 0.25) is 0 Å². The summed E-state index contributed by atoms with van der Waals surface area (Å²) >= 11 is 0. The van der Waals surface area contributed by atoms with E-state index in [-0.39, 0.29) is 18.6 Å². The second-order valence-electron chi connectivity index (χ2n) is 4.63. The summed E-state index contributed by atoms with van der Waals surface area (Å²) in [6, 6.07) is 0.228. The number of hydrogen-bond acceptors (Lipinski definition) is 4. The van der Waals surface area contributed by atoms with Crippen LogP contribution in [-0.4, -0.2) is 60.9 Å². The molecule has 100 valence electrons. The smallest absolute Gasteiger partial charge is 0.303 e. The van der Waals surface area contributed by atoms with Gasteiger partial charge in [-0.1, -0.05) is 6.92 Å². The van der Waals surface area contributed by atoms with Gasteiger partial charge in [-0.3, -0.25) is 9.69 Å². The molecule has 1 saturated heterocycles. The Hall–Kier alpha value is -0.650. The number of carbonyl (C=O) groups is 1. The molecule has 0 radical (unpaired) electrons. The molecule has 2 unspecified atom stereocenters. The van der Waals surface area contributed by atoms with Crippen LogP contribution in [0.15, 0.2) is 0 Å². The summed E-state index contributed by atoms with van der Waals surface area (Å²) in [4.78, 5) is 12.8. The van der Waals surface area contributed by atoms with Crippen molar-refractivity contribution in [3.63, 3.8) is 0 Å². The number of likely N-dealkylation sites (N-methyl/N-ethyl adjacent to an activating group) is 1. The van der Waals surface area contributed by atoms with Gasteiger partial charge < -0.3 is 15.2 Å². The molecule has 2 atom stereocenters. The fourth-order valence-electron chi connectivity index (χ4n) is 1.97. The van der Waals surface area contributed by atoms with Crippen LogP contribution in [-0.2, 0) is 9.53 Å². The molecule has 1 aliphatic heterocycles. The Morgan fingerprint density at radius 2 is 2.41 bits per heavy atom. The van der Waals surface area contributed by atoms with Crippen molar-refractivity contribution in [3.05, 3.63) is 0 Å². The molecule has 0 aromatic heterocycles. The zero-order chi connectivity index (χ0) is 12.7. The molecule has 1 aliphatic rings. The Bertz CT molecular complexity index is 236. The summed E-state index contributed by atoms with van der Waals surface area (Å²) in [6.45, 7) is 8.82. The maximum atomic E-state index is 10.4. The molecule has 0 aromatic rings. The number of aliphatic carboxylic acids is 1. The van der Waals surface area contributed by atoms with Crippen molar-refractivity contribution in [1.29, 1.82) is 0 Å². The van der Waals surface area contributed by atoms with E-state index in [2.05, 4.69) is 17.1 Å². The van der Waals surface area contributed by atoms with Crippen molar-refractivity contribution < 1.29 is 14.6 Å². The summed E-state index contributed by atoms with van der Waals surface area (Å²) in [6.07, 6.45) is 1.12. The fraction of sp³-hybridized carbons (Fsp3) is 0.917. The summed E-state index contributed by atoms with van der Waals surface area (Å²) in [5, 5.41) is 11.9. The first-order valence-electron chi connectivity index (χ1n) is 6.41. The van der Waals surface area contributed by atoms with Crippen LogP contribution in [0.3, 0.4) is 0 Å². The van der Waals surface area contributed by atoms with Crippen LogP contribution in [0, 0.1) is 0 Å². The van der Waals surface area contributed by atoms with Crippen LogP contribution >= 0.6 is 0 Å². The molecule has 0 aromatic carbocycles. The Balaban J connectivity index is 2.14. The van der Waals surface area contributed by atoms with E-state index in [1.54, 1.807) is 0 Å². The molecular formula is C12H24N2O3. The highest BCUT2D eigenvalue weighted by atomic mass is 16.5. The number of hydrogen-bond donors (Lipinski definition) is 2. The third-order valence-corrected chi connectivity index (χ3v) is 3.16. The van der Waals surface area contributed by atoms with Gasteiger partial charge in [-0.2, -0.15) is 0 Å². The van der Waals surface area contributed by atoms with E-state index in [0.29, 0.717) is 6.42 Å². The topological polar surface area (TPSA) is 61.8 Å². The van der Waals surface area contributed by atoms with Crippen LogP contribution in [0.25, 0.3) is 0 Å². The molecular weight excluding hydrogens is 220 g/mol. The maximum Gasteiger partial charge on any atom is 0.303 e. The quantitative estimate of drug-likeness (QED) is 0.685. The highest BCUT2D eigenvalue weighted by molar-refractivity contribution is 5.66. The molecule has 1 rings (SSSR count). The van der Waals surface area contributed by atoms with Gasteiger partial charge in [0.05, 0.1) is 12.7 Å². The number of carboxylic acid groups (broad SMARTS) is 1. The number of nitrogens with one attached hydrogen (secondary N) is 1. The van der Waals surface area contributed by atoms with Crippen LogP contribution in [0.2, 0.25) is 0 Å². The van der Waals surface area contributed by atoms with Gasteiger partial charge in [0, 0.05) is 32.1 Å². The summed E-state index contributed by atoms with van der Waals surface area (Å²) in [7, 11) is 0. The third kappa shape index (κ3) is 6.00. The van der Waals surface area contributed by atoms with Gasteiger partial charge in [0.25, 0.3) is 0 Å². The average molecular weight is 244 g/mol. The molecule has 1 heterocycles. The Morgan fingerprint density at radius 1 is 1.65 bits per heavy atom. The van der Waals surface area contributed by atoms with Gasteiger partial charge in [-0.05, 0) is 19.9 Å². The zero-order valence-corrected chi connectivity index (χ0v) is 10.8. The Morgan fingerprint density at radius 3 is 3.06 bits per heavy atom. The maximum absolute atomic E-state index is 10.4. The fourth-order valence-corrected chi connectivity index (χ4v) is 1.97. The lowest BCUT2D eigenvalue weighted by molar-refractivity contribution is -0.137. The van der Waals surface area contributed by atoms with Crippen molar-refractivity contribution in [3.8, 4) is 0 Å². The number of rotatable bonds is 7. The van der Waals surface area contributed by atoms with E-state index >= 15 is 0 Å². The lowest BCUT2D eigenvalue weighted by Gasteiger charge is -2.32. The van der Waals surface area contributed by atoms with Gasteiger partial charge in [-0.25, -0.2) is 0 Å². The summed E-state index contributed by atoms with van der Waals surface area (Å²) in [5.41, 5.74) is 0. The van der Waals surface area contributed by atoms with Crippen LogP contribution in [0.5, 0.6) is 0 Å². The lowest BCUT2D eigenvalue weighted by atomic mass is 10.1. The van der Waals surface area contributed by atoms with Crippen LogP contribution in [0.1, 0.15) is 26.7 Å². The Kier molecular flexibility index (Phi) is 6.47. The minimum Gasteiger partial charge on any atom is -0.481 e. The molecule has 0 bridgehead atoms. The number of ether oxygens (including phenoxy) is 1. The largest absolute Gasteiger partial charge is 0.481 e. The van der Waals surface area contributed by atoms with E-state index in [0.717, 1.165) is 32.8 Å².